The number of halogens is 2. The summed E-state index contributed by atoms with van der Waals surface area (Å²) in [4.78, 5) is 0. The van der Waals surface area contributed by atoms with E-state index in [9.17, 15) is 13.9 Å². The van der Waals surface area contributed by atoms with Crippen LogP contribution >= 0.6 is 0 Å². The summed E-state index contributed by atoms with van der Waals surface area (Å²) in [6, 6.07) is 28.6. The number of rotatable bonds is 10. The zero-order valence-electron chi connectivity index (χ0n) is 19.4. The van der Waals surface area contributed by atoms with Gasteiger partial charge in [0.15, 0.2) is 0 Å². The van der Waals surface area contributed by atoms with Gasteiger partial charge in [-0.15, -0.1) is 0 Å². The molecule has 0 unspecified atom stereocenters. The Bertz CT molecular complexity index is 937. The number of hydrogen-bond donors (Lipinski definition) is 1. The first kappa shape index (κ1) is 25.2. The SMILES string of the molecule is CC(C)(C)[Si](OC[C@H](O)C(F)(F)COCc1ccccc1)(c1ccccc1)c1ccccc1. The quantitative estimate of drug-likeness (QED) is 0.434. The lowest BCUT2D eigenvalue weighted by molar-refractivity contribution is -0.162. The van der Waals surface area contributed by atoms with E-state index in [2.05, 4.69) is 20.8 Å². The third kappa shape index (κ3) is 5.95. The van der Waals surface area contributed by atoms with Crippen LogP contribution in [0.25, 0.3) is 0 Å². The van der Waals surface area contributed by atoms with Crippen molar-refractivity contribution in [3.63, 3.8) is 0 Å². The lowest BCUT2D eigenvalue weighted by Gasteiger charge is -2.43. The Morgan fingerprint density at radius 1 is 0.788 bits per heavy atom. The Hall–Kier alpha value is -2.38. The molecule has 0 saturated carbocycles. The average molecular weight is 471 g/mol. The number of alkyl halides is 2. The van der Waals surface area contributed by atoms with Crippen LogP contribution in [0.1, 0.15) is 26.3 Å². The molecule has 1 N–H and O–H groups in total. The predicted octanol–water partition coefficient (Wildman–Crippen LogP) is 4.78. The lowest BCUT2D eigenvalue weighted by Crippen LogP contribution is -2.67. The van der Waals surface area contributed by atoms with Gasteiger partial charge in [-0.1, -0.05) is 112 Å². The second kappa shape index (κ2) is 10.7. The third-order valence-electron chi connectivity index (χ3n) is 5.77. The van der Waals surface area contributed by atoms with Gasteiger partial charge >= 0.3 is 0 Å². The largest absolute Gasteiger partial charge is 0.405 e. The Labute approximate surface area is 196 Å². The second-order valence-corrected chi connectivity index (χ2v) is 13.5. The second-order valence-electron chi connectivity index (χ2n) is 9.23. The van der Waals surface area contributed by atoms with E-state index in [1.54, 1.807) is 12.1 Å². The monoisotopic (exact) mass is 470 g/mol. The molecule has 3 nitrogen and oxygen atoms in total. The van der Waals surface area contributed by atoms with Gasteiger partial charge in [0.05, 0.1) is 13.2 Å². The molecule has 3 aromatic rings. The molecule has 0 radical (unpaired) electrons. The fraction of sp³-hybridized carbons (Fsp3) is 0.333. The fourth-order valence-electron chi connectivity index (χ4n) is 4.06. The molecule has 0 fully saturated rings. The number of ether oxygens (including phenoxy) is 1. The van der Waals surface area contributed by atoms with Crippen molar-refractivity contribution in [3.05, 3.63) is 96.6 Å². The van der Waals surface area contributed by atoms with Crippen molar-refractivity contribution in [2.24, 2.45) is 0 Å². The third-order valence-corrected chi connectivity index (χ3v) is 10.8. The molecule has 33 heavy (non-hydrogen) atoms. The van der Waals surface area contributed by atoms with E-state index in [1.807, 2.05) is 78.9 Å². The zero-order valence-corrected chi connectivity index (χ0v) is 20.4. The molecule has 0 aromatic heterocycles. The Morgan fingerprint density at radius 3 is 1.70 bits per heavy atom. The van der Waals surface area contributed by atoms with Crippen molar-refractivity contribution < 1.29 is 23.1 Å². The van der Waals surface area contributed by atoms with Crippen molar-refractivity contribution in [2.45, 2.75) is 44.4 Å². The number of aliphatic hydroxyl groups excluding tert-OH is 1. The number of hydrogen-bond acceptors (Lipinski definition) is 3. The maximum Gasteiger partial charge on any atom is 0.298 e. The van der Waals surface area contributed by atoms with E-state index in [1.165, 1.54) is 0 Å². The maximum atomic E-state index is 14.8. The van der Waals surface area contributed by atoms with Gasteiger partial charge in [0, 0.05) is 0 Å². The van der Waals surface area contributed by atoms with Gasteiger partial charge in [0.25, 0.3) is 14.2 Å². The molecular weight excluding hydrogens is 438 g/mol. The summed E-state index contributed by atoms with van der Waals surface area (Å²) in [5, 5.41) is 12.0. The molecule has 0 aliphatic heterocycles. The molecule has 3 aromatic carbocycles. The normalized spacial score (nSPS) is 13.6. The summed E-state index contributed by atoms with van der Waals surface area (Å²) in [7, 11) is -3.01. The first-order valence-electron chi connectivity index (χ1n) is 11.1. The predicted molar refractivity (Wildman–Crippen MR) is 131 cm³/mol. The van der Waals surface area contributed by atoms with E-state index in [4.69, 9.17) is 9.16 Å². The van der Waals surface area contributed by atoms with Crippen LogP contribution in [0.4, 0.5) is 8.78 Å². The van der Waals surface area contributed by atoms with Crippen LogP contribution in [0.5, 0.6) is 0 Å². The van der Waals surface area contributed by atoms with Gasteiger partial charge in [-0.05, 0) is 21.0 Å². The molecule has 0 spiro atoms. The van der Waals surface area contributed by atoms with E-state index >= 15 is 0 Å². The van der Waals surface area contributed by atoms with E-state index in [0.29, 0.717) is 0 Å². The van der Waals surface area contributed by atoms with Crippen LogP contribution in [0.3, 0.4) is 0 Å². The van der Waals surface area contributed by atoms with Gasteiger partial charge in [0.1, 0.15) is 12.7 Å². The Balaban J connectivity index is 1.80. The molecule has 3 rings (SSSR count). The molecule has 0 aliphatic rings. The highest BCUT2D eigenvalue weighted by molar-refractivity contribution is 6.99. The van der Waals surface area contributed by atoms with Crippen LogP contribution in [0.15, 0.2) is 91.0 Å². The van der Waals surface area contributed by atoms with Crippen molar-refractivity contribution in [3.8, 4) is 0 Å². The summed E-state index contributed by atoms with van der Waals surface area (Å²) in [6.45, 7) is 4.87. The standard InChI is InChI=1S/C27H32F2O3Si/c1-26(2,3)33(23-15-9-5-10-16-23,24-17-11-6-12-18-24)32-20-25(30)27(28,29)21-31-19-22-13-7-4-8-14-22/h4-18,25,30H,19-21H2,1-3H3/t25-/m0/s1. The molecule has 0 aliphatic carbocycles. The van der Waals surface area contributed by atoms with Crippen LogP contribution in [-0.4, -0.2) is 38.7 Å². The average Bonchev–Trinajstić information content (AvgIpc) is 2.80. The minimum atomic E-state index is -3.44. The molecule has 0 saturated heterocycles. The summed E-state index contributed by atoms with van der Waals surface area (Å²) in [5.41, 5.74) is 0.798. The molecule has 1 atom stereocenters. The summed E-state index contributed by atoms with van der Waals surface area (Å²) < 4.78 is 41.2. The summed E-state index contributed by atoms with van der Waals surface area (Å²) in [6.07, 6.45) is -1.99. The highest BCUT2D eigenvalue weighted by atomic mass is 28.4. The minimum Gasteiger partial charge on any atom is -0.405 e. The van der Waals surface area contributed by atoms with Crippen molar-refractivity contribution >= 4 is 18.7 Å². The fourth-order valence-corrected chi connectivity index (χ4v) is 8.63. The molecule has 6 heteroatoms. The molecular formula is C27H32F2O3Si. The molecule has 0 bridgehead atoms. The van der Waals surface area contributed by atoms with Crippen LogP contribution in [-0.2, 0) is 15.8 Å². The molecule has 0 amide bonds. The van der Waals surface area contributed by atoms with Gasteiger partial charge in [-0.25, -0.2) is 8.78 Å². The molecule has 0 heterocycles. The van der Waals surface area contributed by atoms with Crippen molar-refractivity contribution in [2.75, 3.05) is 13.2 Å². The van der Waals surface area contributed by atoms with Gasteiger partial charge in [0.2, 0.25) is 0 Å². The summed E-state index contributed by atoms with van der Waals surface area (Å²) in [5.74, 6) is -3.44. The van der Waals surface area contributed by atoms with E-state index < -0.39 is 33.6 Å². The summed E-state index contributed by atoms with van der Waals surface area (Å²) >= 11 is 0. The van der Waals surface area contributed by atoms with E-state index in [0.717, 1.165) is 15.9 Å². The smallest absolute Gasteiger partial charge is 0.298 e. The van der Waals surface area contributed by atoms with Crippen molar-refractivity contribution in [1.29, 1.82) is 0 Å². The van der Waals surface area contributed by atoms with Gasteiger partial charge in [-0.2, -0.15) is 0 Å². The number of aliphatic hydroxyl groups is 1. The van der Waals surface area contributed by atoms with Gasteiger partial charge in [-0.3, -0.25) is 0 Å². The highest BCUT2D eigenvalue weighted by Crippen LogP contribution is 2.37. The highest BCUT2D eigenvalue weighted by Gasteiger charge is 2.51. The lowest BCUT2D eigenvalue weighted by atomic mass is 10.2. The minimum absolute atomic E-state index is 0.0543. The van der Waals surface area contributed by atoms with Crippen LogP contribution in [0, 0.1) is 0 Å². The first-order chi connectivity index (χ1) is 15.7. The van der Waals surface area contributed by atoms with Gasteiger partial charge < -0.3 is 14.3 Å². The molecule has 176 valence electrons. The Kier molecular flexibility index (Phi) is 8.18. The van der Waals surface area contributed by atoms with E-state index in [-0.39, 0.29) is 11.6 Å². The Morgan fingerprint density at radius 2 is 1.24 bits per heavy atom. The first-order valence-corrected chi connectivity index (χ1v) is 13.0. The zero-order chi connectivity index (χ0) is 24.0. The maximum absolute atomic E-state index is 14.8. The van der Waals surface area contributed by atoms with Crippen LogP contribution in [0.2, 0.25) is 5.04 Å². The van der Waals surface area contributed by atoms with Crippen LogP contribution < -0.4 is 10.4 Å². The number of benzene rings is 3. The van der Waals surface area contributed by atoms with Crippen molar-refractivity contribution in [1.82, 2.24) is 0 Å². The topological polar surface area (TPSA) is 38.7 Å².